The van der Waals surface area contributed by atoms with Crippen LogP contribution in [0.4, 0.5) is 92.2 Å². The van der Waals surface area contributed by atoms with Crippen LogP contribution in [0.1, 0.15) is 92.7 Å². The van der Waals surface area contributed by atoms with E-state index in [1.165, 1.54) is 20.8 Å². The molecule has 1 rings (SSSR count). The van der Waals surface area contributed by atoms with Crippen LogP contribution in [0, 0.1) is 0 Å². The third-order valence-corrected chi connectivity index (χ3v) is 9.08. The molecule has 27 heteroatoms. The zero-order chi connectivity index (χ0) is 47.3. The van der Waals surface area contributed by atoms with Crippen LogP contribution in [0.2, 0.25) is 0 Å². The van der Waals surface area contributed by atoms with Crippen molar-refractivity contribution in [3.8, 4) is 0 Å². The fourth-order valence-corrected chi connectivity index (χ4v) is 5.74. The summed E-state index contributed by atoms with van der Waals surface area (Å²) >= 11 is 0. The Hall–Kier alpha value is -3.84. The molecule has 0 aromatic heterocycles. The van der Waals surface area contributed by atoms with Crippen molar-refractivity contribution in [3.63, 3.8) is 0 Å². The van der Waals surface area contributed by atoms with Gasteiger partial charge < -0.3 is 16.0 Å². The molecule has 0 saturated carbocycles. The summed E-state index contributed by atoms with van der Waals surface area (Å²) in [4.78, 5) is 37.4. The first-order chi connectivity index (χ1) is 26.8. The van der Waals surface area contributed by atoms with E-state index in [0.29, 0.717) is 0 Å². The monoisotopic (exact) mass is 921 g/mol. The summed E-state index contributed by atoms with van der Waals surface area (Å²) in [6, 6.07) is 0. The molecule has 0 aliphatic heterocycles. The minimum atomic E-state index is -6.72. The lowest BCUT2D eigenvalue weighted by Crippen LogP contribution is -2.52. The molecule has 0 heterocycles. The summed E-state index contributed by atoms with van der Waals surface area (Å²) in [5.74, 6) is -41.7. The molecular weight excluding hydrogens is 885 g/mol. The summed E-state index contributed by atoms with van der Waals surface area (Å²) in [5, 5.41) is 5.98. The van der Waals surface area contributed by atoms with Crippen LogP contribution < -0.4 is 16.0 Å². The predicted molar refractivity (Wildman–Crippen MR) is 166 cm³/mol. The van der Waals surface area contributed by atoms with Gasteiger partial charge in [-0.15, -0.1) is 0 Å². The lowest BCUT2D eigenvalue weighted by molar-refractivity contribution is -0.355. The zero-order valence-corrected chi connectivity index (χ0v) is 31.1. The Morgan fingerprint density at radius 1 is 0.350 bits per heavy atom. The van der Waals surface area contributed by atoms with E-state index in [9.17, 15) is 107 Å². The van der Waals surface area contributed by atoms with Crippen molar-refractivity contribution in [2.24, 2.45) is 0 Å². The van der Waals surface area contributed by atoms with Crippen molar-refractivity contribution in [2.75, 3.05) is 0 Å². The van der Waals surface area contributed by atoms with Gasteiger partial charge in [-0.05, 0) is 52.6 Å². The molecule has 348 valence electrons. The highest BCUT2D eigenvalue weighted by atomic mass is 19.4. The number of halogens is 21. The van der Waals surface area contributed by atoms with Gasteiger partial charge in [0.2, 0.25) is 17.7 Å². The fourth-order valence-electron chi connectivity index (χ4n) is 5.74. The van der Waals surface area contributed by atoms with Crippen molar-refractivity contribution < 1.29 is 107 Å². The third kappa shape index (κ3) is 12.0. The Labute approximate surface area is 326 Å². The fraction of sp³-hybridized carbons (Fsp3) is 0.727. The SMILES string of the molecule is CCc1c(CNC(=O)CCC(F)(F)C(F)(F)C(F)(F)F)c(CC)c(CNC(=O)CCC(F)(F)C(F)(F)C(F)(F)F)c(CC)c1CNC(=O)CCC(F)(F)C(F)(F)C(F)(F)F. The van der Waals surface area contributed by atoms with Crippen molar-refractivity contribution in [3.05, 3.63) is 33.4 Å². The van der Waals surface area contributed by atoms with Crippen LogP contribution in [-0.4, -0.2) is 71.8 Å². The summed E-state index contributed by atoms with van der Waals surface area (Å²) < 4.78 is 276. The number of nitrogens with one attached hydrogen (secondary N) is 3. The van der Waals surface area contributed by atoms with E-state index in [-0.39, 0.29) is 52.6 Å². The third-order valence-electron chi connectivity index (χ3n) is 9.08. The van der Waals surface area contributed by atoms with E-state index in [1.807, 2.05) is 16.0 Å². The number of carbonyl (C=O) groups excluding carboxylic acids is 3. The highest BCUT2D eigenvalue weighted by Crippen LogP contribution is 2.50. The molecule has 1 aromatic rings. The van der Waals surface area contributed by atoms with Crippen LogP contribution in [0.5, 0.6) is 0 Å². The average molecular weight is 922 g/mol. The largest absolute Gasteiger partial charge is 0.459 e. The van der Waals surface area contributed by atoms with Crippen molar-refractivity contribution in [1.29, 1.82) is 0 Å². The molecule has 0 aliphatic rings. The van der Waals surface area contributed by atoms with E-state index in [0.717, 1.165) is 0 Å². The molecular formula is C33H36F21N3O3. The van der Waals surface area contributed by atoms with Crippen LogP contribution in [0.25, 0.3) is 0 Å². The van der Waals surface area contributed by atoms with E-state index in [1.54, 1.807) is 0 Å². The number of benzene rings is 1. The maximum atomic E-state index is 13.8. The van der Waals surface area contributed by atoms with Gasteiger partial charge in [-0.25, -0.2) is 0 Å². The molecule has 60 heavy (non-hydrogen) atoms. The van der Waals surface area contributed by atoms with Gasteiger partial charge in [0.05, 0.1) is 0 Å². The van der Waals surface area contributed by atoms with Gasteiger partial charge in [-0.1, -0.05) is 20.8 Å². The van der Waals surface area contributed by atoms with E-state index in [2.05, 4.69) is 0 Å². The Bertz CT molecular complexity index is 1460. The number of hydrogen-bond donors (Lipinski definition) is 3. The number of rotatable bonds is 21. The molecule has 6 nitrogen and oxygen atoms in total. The molecule has 0 bridgehead atoms. The predicted octanol–water partition coefficient (Wildman–Crippen LogP) is 10.1. The zero-order valence-electron chi connectivity index (χ0n) is 31.1. The lowest BCUT2D eigenvalue weighted by atomic mass is 9.83. The second-order valence-electron chi connectivity index (χ2n) is 13.1. The maximum absolute atomic E-state index is 13.8. The van der Waals surface area contributed by atoms with Gasteiger partial charge in [0.15, 0.2) is 0 Å². The molecule has 0 radical (unpaired) electrons. The highest BCUT2D eigenvalue weighted by molar-refractivity contribution is 5.77. The van der Waals surface area contributed by atoms with Crippen molar-refractivity contribution >= 4 is 17.7 Å². The quantitative estimate of drug-likeness (QED) is 0.107. The summed E-state index contributed by atoms with van der Waals surface area (Å²) in [6.07, 6.45) is -32.6. The Morgan fingerprint density at radius 3 is 0.683 bits per heavy atom. The Morgan fingerprint density at radius 2 is 0.533 bits per heavy atom. The van der Waals surface area contributed by atoms with Gasteiger partial charge in [-0.2, -0.15) is 92.2 Å². The van der Waals surface area contributed by atoms with Gasteiger partial charge in [0.25, 0.3) is 0 Å². The van der Waals surface area contributed by atoms with Crippen LogP contribution in [-0.2, 0) is 53.3 Å². The number of hydrogen-bond acceptors (Lipinski definition) is 3. The lowest BCUT2D eigenvalue weighted by Gasteiger charge is -2.29. The van der Waals surface area contributed by atoms with Crippen molar-refractivity contribution in [2.45, 2.75) is 152 Å². The molecule has 0 spiro atoms. The Balaban J connectivity index is 3.64. The van der Waals surface area contributed by atoms with Crippen LogP contribution in [0.15, 0.2) is 0 Å². The Kier molecular flexibility index (Phi) is 17.2. The topological polar surface area (TPSA) is 87.3 Å². The highest BCUT2D eigenvalue weighted by Gasteiger charge is 2.74. The minimum absolute atomic E-state index is 0.0702. The van der Waals surface area contributed by atoms with E-state index in [4.69, 9.17) is 0 Å². The smallest absolute Gasteiger partial charge is 0.352 e. The first-order valence-electron chi connectivity index (χ1n) is 17.3. The van der Waals surface area contributed by atoms with E-state index < -0.39 is 130 Å². The summed E-state index contributed by atoms with van der Waals surface area (Å²) in [7, 11) is 0. The van der Waals surface area contributed by atoms with Crippen LogP contribution >= 0.6 is 0 Å². The second kappa shape index (κ2) is 19.1. The second-order valence-corrected chi connectivity index (χ2v) is 13.1. The first kappa shape index (κ1) is 54.2. The summed E-state index contributed by atoms with van der Waals surface area (Å²) in [5.41, 5.74) is 0.0289. The molecule has 0 unspecified atom stereocenters. The average Bonchev–Trinajstić information content (AvgIpc) is 3.10. The minimum Gasteiger partial charge on any atom is -0.352 e. The molecule has 0 aliphatic carbocycles. The van der Waals surface area contributed by atoms with Crippen LogP contribution in [0.3, 0.4) is 0 Å². The van der Waals surface area contributed by atoms with Gasteiger partial charge >= 0.3 is 54.1 Å². The summed E-state index contributed by atoms with van der Waals surface area (Å²) in [6.45, 7) is 1.75. The maximum Gasteiger partial charge on any atom is 0.459 e. The van der Waals surface area contributed by atoms with Crippen molar-refractivity contribution in [1.82, 2.24) is 16.0 Å². The normalized spacial score (nSPS) is 14.0. The molecule has 0 atom stereocenters. The molecule has 0 saturated heterocycles. The molecule has 3 amide bonds. The number of alkyl halides is 21. The first-order valence-corrected chi connectivity index (χ1v) is 17.3. The van der Waals surface area contributed by atoms with Gasteiger partial charge in [-0.3, -0.25) is 14.4 Å². The number of amides is 3. The molecule has 0 fully saturated rings. The van der Waals surface area contributed by atoms with E-state index >= 15 is 0 Å². The molecule has 3 N–H and O–H groups in total. The standard InChI is InChI=1S/C33H36F21N3O3/c1-4-16-19(13-55-22(58)7-10-25(34,35)28(40,41)31(46,47)48)17(5-2)21(15-57-24(60)9-12-27(38,39)30(44,45)33(52,53)54)18(6-3)20(16)14-56-23(59)8-11-26(36,37)29(42,43)32(49,50)51/h4-15H2,1-3H3,(H,55,58)(H,56,59)(H,57,60). The van der Waals surface area contributed by atoms with Gasteiger partial charge in [0, 0.05) is 58.2 Å². The van der Waals surface area contributed by atoms with Gasteiger partial charge in [0.1, 0.15) is 0 Å². The number of carbonyl (C=O) groups is 3. The molecule has 1 aromatic carbocycles.